The summed E-state index contributed by atoms with van der Waals surface area (Å²) in [6.07, 6.45) is 0. The predicted octanol–water partition coefficient (Wildman–Crippen LogP) is 3.35. The van der Waals surface area contributed by atoms with Gasteiger partial charge in [0.05, 0.1) is 6.54 Å². The van der Waals surface area contributed by atoms with Gasteiger partial charge < -0.3 is 15.1 Å². The first-order valence-corrected chi connectivity index (χ1v) is 8.69. The number of piperazine rings is 1. The molecule has 2 aromatic rings. The Hall–Kier alpha value is -2.08. The van der Waals surface area contributed by atoms with E-state index in [1.54, 1.807) is 12.1 Å². The fourth-order valence-corrected chi connectivity index (χ4v) is 2.99. The number of rotatable bonds is 4. The maximum absolute atomic E-state index is 13.0. The van der Waals surface area contributed by atoms with Crippen molar-refractivity contribution in [3.05, 3.63) is 58.8 Å². The van der Waals surface area contributed by atoms with Crippen LogP contribution in [0.1, 0.15) is 0 Å². The van der Waals surface area contributed by atoms with Crippen molar-refractivity contribution in [3.63, 3.8) is 0 Å². The molecule has 0 aliphatic carbocycles. The number of anilines is 2. The quantitative estimate of drug-likeness (QED) is 0.867. The average molecular weight is 392 g/mol. The largest absolute Gasteiger partial charge is 0.376 e. The molecule has 1 aliphatic heterocycles. The van der Waals surface area contributed by atoms with E-state index in [1.807, 2.05) is 29.2 Å². The van der Waals surface area contributed by atoms with Gasteiger partial charge >= 0.3 is 0 Å². The Bertz CT molecular complexity index is 682. The summed E-state index contributed by atoms with van der Waals surface area (Å²) in [4.78, 5) is 16.4. The Morgan fingerprint density at radius 1 is 1.00 bits per heavy atom. The van der Waals surface area contributed by atoms with E-state index in [4.69, 9.17) is 0 Å². The van der Waals surface area contributed by atoms with Crippen LogP contribution < -0.4 is 10.2 Å². The lowest BCUT2D eigenvalue weighted by atomic mass is 10.2. The van der Waals surface area contributed by atoms with Crippen LogP contribution in [0.3, 0.4) is 0 Å². The van der Waals surface area contributed by atoms with Gasteiger partial charge in [-0.05, 0) is 48.5 Å². The minimum absolute atomic E-state index is 0.0941. The van der Waals surface area contributed by atoms with Crippen LogP contribution in [0.2, 0.25) is 0 Å². The van der Waals surface area contributed by atoms with Crippen molar-refractivity contribution in [2.45, 2.75) is 0 Å². The maximum atomic E-state index is 13.0. The van der Waals surface area contributed by atoms with Crippen LogP contribution in [-0.2, 0) is 4.79 Å². The normalized spacial score (nSPS) is 14.6. The van der Waals surface area contributed by atoms with Gasteiger partial charge in [0.25, 0.3) is 0 Å². The monoisotopic (exact) mass is 391 g/mol. The molecule has 1 fully saturated rings. The Labute approximate surface area is 149 Å². The van der Waals surface area contributed by atoms with E-state index in [1.165, 1.54) is 12.1 Å². The van der Waals surface area contributed by atoms with Crippen LogP contribution in [0.25, 0.3) is 0 Å². The maximum Gasteiger partial charge on any atom is 0.241 e. The van der Waals surface area contributed by atoms with Gasteiger partial charge in [-0.1, -0.05) is 15.9 Å². The van der Waals surface area contributed by atoms with Gasteiger partial charge in [0.1, 0.15) is 5.82 Å². The third-order valence-electron chi connectivity index (χ3n) is 4.11. The standard InChI is InChI=1S/C18H19BrFN3O/c19-14-1-5-16(6-2-14)21-13-18(24)23-11-9-22(10-12-23)17-7-3-15(20)4-8-17/h1-8,21H,9-13H2. The van der Waals surface area contributed by atoms with Crippen LogP contribution in [0.15, 0.2) is 53.0 Å². The first-order valence-electron chi connectivity index (χ1n) is 7.89. The summed E-state index contributed by atoms with van der Waals surface area (Å²) in [6, 6.07) is 14.2. The fourth-order valence-electron chi connectivity index (χ4n) is 2.72. The number of hydrogen-bond donors (Lipinski definition) is 1. The number of carbonyl (C=O) groups excluding carboxylic acids is 1. The highest BCUT2D eigenvalue weighted by Gasteiger charge is 2.21. The fraction of sp³-hybridized carbons (Fsp3) is 0.278. The SMILES string of the molecule is O=C(CNc1ccc(Br)cc1)N1CCN(c2ccc(F)cc2)CC1. The molecule has 2 aromatic carbocycles. The van der Waals surface area contributed by atoms with E-state index in [2.05, 4.69) is 26.1 Å². The molecular formula is C18H19BrFN3O. The van der Waals surface area contributed by atoms with E-state index >= 15 is 0 Å². The van der Waals surface area contributed by atoms with Gasteiger partial charge in [-0.2, -0.15) is 0 Å². The summed E-state index contributed by atoms with van der Waals surface area (Å²) in [5.74, 6) is -0.136. The molecule has 0 saturated carbocycles. The number of halogens is 2. The number of benzene rings is 2. The molecule has 1 heterocycles. The van der Waals surface area contributed by atoms with Crippen molar-refractivity contribution >= 4 is 33.2 Å². The molecule has 0 spiro atoms. The Morgan fingerprint density at radius 2 is 1.62 bits per heavy atom. The van der Waals surface area contributed by atoms with Gasteiger partial charge in [-0.3, -0.25) is 4.79 Å². The third kappa shape index (κ3) is 4.26. The Kier molecular flexibility index (Phi) is 5.35. The molecular weight excluding hydrogens is 373 g/mol. The van der Waals surface area contributed by atoms with Gasteiger partial charge in [0, 0.05) is 42.0 Å². The van der Waals surface area contributed by atoms with Gasteiger partial charge in [-0.15, -0.1) is 0 Å². The lowest BCUT2D eigenvalue weighted by Gasteiger charge is -2.36. The van der Waals surface area contributed by atoms with Gasteiger partial charge in [0.15, 0.2) is 0 Å². The van der Waals surface area contributed by atoms with Crippen LogP contribution in [-0.4, -0.2) is 43.5 Å². The molecule has 6 heteroatoms. The molecule has 0 aromatic heterocycles. The molecule has 0 bridgehead atoms. The highest BCUT2D eigenvalue weighted by atomic mass is 79.9. The van der Waals surface area contributed by atoms with Crippen molar-refractivity contribution < 1.29 is 9.18 Å². The van der Waals surface area contributed by atoms with Crippen LogP contribution in [0, 0.1) is 5.82 Å². The summed E-state index contributed by atoms with van der Waals surface area (Å²) < 4.78 is 14.0. The predicted molar refractivity (Wildman–Crippen MR) is 97.8 cm³/mol. The second-order valence-electron chi connectivity index (χ2n) is 5.70. The van der Waals surface area contributed by atoms with Crippen molar-refractivity contribution in [1.82, 2.24) is 4.90 Å². The molecule has 1 amide bonds. The van der Waals surface area contributed by atoms with E-state index in [0.717, 1.165) is 28.9 Å². The summed E-state index contributed by atoms with van der Waals surface area (Å²) >= 11 is 3.39. The first kappa shape index (κ1) is 16.8. The lowest BCUT2D eigenvalue weighted by Crippen LogP contribution is -2.50. The molecule has 0 radical (unpaired) electrons. The minimum atomic E-state index is -0.230. The molecule has 3 rings (SSSR count). The molecule has 1 aliphatic rings. The topological polar surface area (TPSA) is 35.6 Å². The van der Waals surface area contributed by atoms with Crippen molar-refractivity contribution in [1.29, 1.82) is 0 Å². The lowest BCUT2D eigenvalue weighted by molar-refractivity contribution is -0.129. The molecule has 126 valence electrons. The zero-order chi connectivity index (χ0) is 16.9. The minimum Gasteiger partial charge on any atom is -0.376 e. The van der Waals surface area contributed by atoms with Crippen molar-refractivity contribution in [2.75, 3.05) is 42.9 Å². The van der Waals surface area contributed by atoms with E-state index in [0.29, 0.717) is 13.1 Å². The van der Waals surface area contributed by atoms with E-state index in [-0.39, 0.29) is 18.3 Å². The number of carbonyl (C=O) groups is 1. The number of nitrogens with one attached hydrogen (secondary N) is 1. The van der Waals surface area contributed by atoms with E-state index in [9.17, 15) is 9.18 Å². The number of nitrogens with zero attached hydrogens (tertiary/aromatic N) is 2. The highest BCUT2D eigenvalue weighted by molar-refractivity contribution is 9.10. The van der Waals surface area contributed by atoms with Gasteiger partial charge in [0.2, 0.25) is 5.91 Å². The zero-order valence-electron chi connectivity index (χ0n) is 13.2. The van der Waals surface area contributed by atoms with E-state index < -0.39 is 0 Å². The number of amides is 1. The van der Waals surface area contributed by atoms with Crippen molar-refractivity contribution in [3.8, 4) is 0 Å². The first-order chi connectivity index (χ1) is 11.6. The van der Waals surface area contributed by atoms with Crippen LogP contribution >= 0.6 is 15.9 Å². The molecule has 4 nitrogen and oxygen atoms in total. The average Bonchev–Trinajstić information content (AvgIpc) is 2.62. The van der Waals surface area contributed by atoms with Crippen LogP contribution in [0.5, 0.6) is 0 Å². The highest BCUT2D eigenvalue weighted by Crippen LogP contribution is 2.17. The van der Waals surface area contributed by atoms with Crippen LogP contribution in [0.4, 0.5) is 15.8 Å². The molecule has 0 atom stereocenters. The summed E-state index contributed by atoms with van der Waals surface area (Å²) in [6.45, 7) is 3.17. The Morgan fingerprint density at radius 3 is 2.25 bits per heavy atom. The summed E-state index contributed by atoms with van der Waals surface area (Å²) in [5, 5.41) is 3.15. The van der Waals surface area contributed by atoms with Crippen molar-refractivity contribution in [2.24, 2.45) is 0 Å². The Balaban J connectivity index is 1.48. The second kappa shape index (κ2) is 7.66. The number of hydrogen-bond acceptors (Lipinski definition) is 3. The second-order valence-corrected chi connectivity index (χ2v) is 6.62. The van der Waals surface area contributed by atoms with Gasteiger partial charge in [-0.25, -0.2) is 4.39 Å². The smallest absolute Gasteiger partial charge is 0.241 e. The summed E-state index contributed by atoms with van der Waals surface area (Å²) in [7, 11) is 0. The molecule has 1 N–H and O–H groups in total. The zero-order valence-corrected chi connectivity index (χ0v) is 14.8. The molecule has 0 unspecified atom stereocenters. The summed E-state index contributed by atoms with van der Waals surface area (Å²) in [5.41, 5.74) is 1.92. The molecule has 24 heavy (non-hydrogen) atoms. The third-order valence-corrected chi connectivity index (χ3v) is 4.64. The molecule has 1 saturated heterocycles.